The third-order valence-corrected chi connectivity index (χ3v) is 7.19. The van der Waals surface area contributed by atoms with Crippen LogP contribution in [0.1, 0.15) is 29.5 Å². The van der Waals surface area contributed by atoms with Crippen molar-refractivity contribution in [2.24, 2.45) is 0 Å². The fraction of sp³-hybridized carbons (Fsp3) is 0.280. The highest BCUT2D eigenvalue weighted by Crippen LogP contribution is 2.52. The second kappa shape index (κ2) is 7.51. The number of nitrogens with zero attached hydrogens (tertiary/aromatic N) is 5. The van der Waals surface area contributed by atoms with Gasteiger partial charge in [-0.15, -0.1) is 0 Å². The number of hydrogen-bond acceptors (Lipinski definition) is 7. The van der Waals surface area contributed by atoms with E-state index in [1.54, 1.807) is 12.3 Å². The van der Waals surface area contributed by atoms with Crippen LogP contribution in [0.5, 0.6) is 0 Å². The smallest absolute Gasteiger partial charge is 0.355 e. The second-order valence-corrected chi connectivity index (χ2v) is 9.81. The number of aromatic nitrogens is 4. The van der Waals surface area contributed by atoms with Crippen molar-refractivity contribution in [1.82, 2.24) is 24.4 Å². The number of aryl methyl sites for hydroxylation is 1. The molecule has 1 aliphatic heterocycles. The third kappa shape index (κ3) is 3.33. The Labute approximate surface area is 201 Å². The maximum atomic E-state index is 12.9. The Bertz CT molecular complexity index is 1510. The molecule has 0 radical (unpaired) electrons. The highest BCUT2D eigenvalue weighted by Gasteiger charge is 2.48. The van der Waals surface area contributed by atoms with Gasteiger partial charge in [-0.25, -0.2) is 14.3 Å². The van der Waals surface area contributed by atoms with Crippen LogP contribution in [-0.2, 0) is 12.0 Å². The van der Waals surface area contributed by atoms with E-state index in [4.69, 9.17) is 17.3 Å². The zero-order valence-electron chi connectivity index (χ0n) is 19.0. The lowest BCUT2D eigenvalue weighted by Gasteiger charge is -2.32. The van der Waals surface area contributed by atoms with Crippen LogP contribution in [0.25, 0.3) is 16.7 Å². The average molecular weight is 474 g/mol. The first-order valence-corrected chi connectivity index (χ1v) is 11.6. The molecule has 2 aromatic heterocycles. The highest BCUT2D eigenvalue weighted by molar-refractivity contribution is 6.32. The largest absolute Gasteiger partial charge is 0.384 e. The van der Waals surface area contributed by atoms with E-state index in [0.717, 1.165) is 24.3 Å². The molecule has 8 nitrogen and oxygen atoms in total. The summed E-state index contributed by atoms with van der Waals surface area (Å²) in [6.45, 7) is 3.91. The molecule has 4 aromatic rings. The van der Waals surface area contributed by atoms with Crippen LogP contribution in [0.15, 0.2) is 47.4 Å². The number of rotatable bonds is 3. The zero-order chi connectivity index (χ0) is 23.6. The van der Waals surface area contributed by atoms with E-state index in [1.165, 1.54) is 28.5 Å². The standard InChI is InChI=1S/C25H24ClN7O/c1-14-4-3-5-19(26)20(14)33-21(27)17-11-28-23(30-22(17)31-24(33)34)29-16-6-7-18-15(10-16)12-32(2)13-25(18)8-9-25/h3-7,10-11H,8-9,12-13,27H2,1-2H3,(H,29,30,31,34). The van der Waals surface area contributed by atoms with E-state index >= 15 is 0 Å². The summed E-state index contributed by atoms with van der Waals surface area (Å²) >= 11 is 6.37. The molecule has 2 aromatic carbocycles. The Kier molecular flexibility index (Phi) is 4.65. The lowest BCUT2D eigenvalue weighted by molar-refractivity contribution is 0.271. The van der Waals surface area contributed by atoms with E-state index in [9.17, 15) is 4.79 Å². The number of anilines is 3. The molecule has 9 heteroatoms. The Balaban J connectivity index is 1.37. The molecule has 3 heterocycles. The van der Waals surface area contributed by atoms with Crippen molar-refractivity contribution >= 4 is 40.1 Å². The molecule has 1 spiro atoms. The van der Waals surface area contributed by atoms with E-state index in [-0.39, 0.29) is 11.5 Å². The van der Waals surface area contributed by atoms with Crippen molar-refractivity contribution in [3.63, 3.8) is 0 Å². The van der Waals surface area contributed by atoms with Gasteiger partial charge in [0.25, 0.3) is 0 Å². The minimum atomic E-state index is -0.544. The highest BCUT2D eigenvalue weighted by atomic mass is 35.5. The van der Waals surface area contributed by atoms with Crippen molar-refractivity contribution in [2.45, 2.75) is 31.7 Å². The quantitative estimate of drug-likeness (QED) is 0.464. The van der Waals surface area contributed by atoms with Crippen LogP contribution >= 0.6 is 11.6 Å². The van der Waals surface area contributed by atoms with Crippen LogP contribution in [0, 0.1) is 6.92 Å². The zero-order valence-corrected chi connectivity index (χ0v) is 19.7. The molecule has 1 aliphatic carbocycles. The number of nitrogen functional groups attached to an aromatic ring is 1. The van der Waals surface area contributed by atoms with E-state index in [2.05, 4.69) is 50.4 Å². The van der Waals surface area contributed by atoms with Crippen molar-refractivity contribution < 1.29 is 0 Å². The molecule has 6 rings (SSSR count). The first-order chi connectivity index (χ1) is 16.3. The van der Waals surface area contributed by atoms with Crippen molar-refractivity contribution in [2.75, 3.05) is 24.6 Å². The molecule has 0 unspecified atom stereocenters. The number of benzene rings is 2. The molecule has 1 saturated carbocycles. The fourth-order valence-electron chi connectivity index (χ4n) is 5.16. The van der Waals surface area contributed by atoms with Gasteiger partial charge >= 0.3 is 5.69 Å². The van der Waals surface area contributed by atoms with Gasteiger partial charge in [0.05, 0.1) is 16.1 Å². The lowest BCUT2D eigenvalue weighted by Crippen LogP contribution is -2.35. The number of fused-ring (bicyclic) bond motifs is 3. The third-order valence-electron chi connectivity index (χ3n) is 6.89. The molecule has 0 bridgehead atoms. The Morgan fingerprint density at radius 2 is 2.00 bits per heavy atom. The number of hydrogen-bond donors (Lipinski definition) is 2. The molecule has 2 aliphatic rings. The van der Waals surface area contributed by atoms with Crippen LogP contribution in [0.4, 0.5) is 17.5 Å². The van der Waals surface area contributed by atoms with Gasteiger partial charge in [-0.05, 0) is 61.7 Å². The van der Waals surface area contributed by atoms with E-state index in [1.807, 2.05) is 19.1 Å². The number of likely N-dealkylation sites (N-methyl/N-ethyl adjacent to an activating group) is 1. The van der Waals surface area contributed by atoms with Gasteiger partial charge in [-0.1, -0.05) is 29.8 Å². The predicted octanol–water partition coefficient (Wildman–Crippen LogP) is 3.94. The average Bonchev–Trinajstić information content (AvgIpc) is 3.54. The van der Waals surface area contributed by atoms with Crippen LogP contribution in [0.3, 0.4) is 0 Å². The summed E-state index contributed by atoms with van der Waals surface area (Å²) in [5, 5.41) is 4.16. The monoisotopic (exact) mass is 473 g/mol. The Morgan fingerprint density at radius 3 is 2.76 bits per heavy atom. The molecule has 34 heavy (non-hydrogen) atoms. The fourth-order valence-corrected chi connectivity index (χ4v) is 5.47. The SMILES string of the molecule is Cc1cccc(Cl)c1-n1c(N)c2cnc(Nc3ccc4c(c3)CN(C)CC43CC3)nc2nc1=O. The normalized spacial score (nSPS) is 16.6. The van der Waals surface area contributed by atoms with Crippen LogP contribution < -0.4 is 16.7 Å². The first kappa shape index (κ1) is 21.1. The van der Waals surface area contributed by atoms with Gasteiger partial charge in [0.2, 0.25) is 5.95 Å². The number of halogens is 1. The summed E-state index contributed by atoms with van der Waals surface area (Å²) in [5.41, 5.74) is 11.4. The summed E-state index contributed by atoms with van der Waals surface area (Å²) in [6, 6.07) is 11.9. The van der Waals surface area contributed by atoms with Gasteiger partial charge in [0.1, 0.15) is 5.82 Å². The first-order valence-electron chi connectivity index (χ1n) is 11.2. The van der Waals surface area contributed by atoms with Gasteiger partial charge in [-0.3, -0.25) is 0 Å². The van der Waals surface area contributed by atoms with Crippen LogP contribution in [0.2, 0.25) is 5.02 Å². The van der Waals surface area contributed by atoms with Crippen molar-refractivity contribution in [3.05, 3.63) is 74.8 Å². The second-order valence-electron chi connectivity index (χ2n) is 9.40. The minimum Gasteiger partial charge on any atom is -0.384 e. The maximum absolute atomic E-state index is 12.9. The molecule has 3 N–H and O–H groups in total. The maximum Gasteiger partial charge on any atom is 0.355 e. The molecule has 0 amide bonds. The summed E-state index contributed by atoms with van der Waals surface area (Å²) in [4.78, 5) is 28.4. The number of para-hydroxylation sites is 1. The van der Waals surface area contributed by atoms with E-state index in [0.29, 0.717) is 27.5 Å². The predicted molar refractivity (Wildman–Crippen MR) is 134 cm³/mol. The minimum absolute atomic E-state index is 0.198. The molecule has 0 atom stereocenters. The summed E-state index contributed by atoms with van der Waals surface area (Å²) in [5.74, 6) is 0.556. The van der Waals surface area contributed by atoms with Crippen molar-refractivity contribution in [1.29, 1.82) is 0 Å². The molecular formula is C25H24ClN7O. The van der Waals surface area contributed by atoms with E-state index < -0.39 is 5.69 Å². The molecule has 172 valence electrons. The summed E-state index contributed by atoms with van der Waals surface area (Å²) < 4.78 is 1.31. The molecule has 0 saturated heterocycles. The van der Waals surface area contributed by atoms with Crippen LogP contribution in [-0.4, -0.2) is 38.0 Å². The van der Waals surface area contributed by atoms with Gasteiger partial charge < -0.3 is 16.0 Å². The van der Waals surface area contributed by atoms with Gasteiger partial charge in [-0.2, -0.15) is 9.97 Å². The molecule has 1 fully saturated rings. The number of nitrogens with two attached hydrogens (primary N) is 1. The lowest BCUT2D eigenvalue weighted by atomic mass is 9.87. The Hall–Kier alpha value is -3.49. The summed E-state index contributed by atoms with van der Waals surface area (Å²) in [6.07, 6.45) is 4.09. The van der Waals surface area contributed by atoms with Gasteiger partial charge in [0.15, 0.2) is 5.65 Å². The number of nitrogens with one attached hydrogen (secondary N) is 1. The summed E-state index contributed by atoms with van der Waals surface area (Å²) in [7, 11) is 2.17. The molecular weight excluding hydrogens is 450 g/mol. The van der Waals surface area contributed by atoms with Crippen molar-refractivity contribution in [3.8, 4) is 5.69 Å². The topological polar surface area (TPSA) is 102 Å². The van der Waals surface area contributed by atoms with Gasteiger partial charge in [0, 0.05) is 30.4 Å². The Morgan fingerprint density at radius 1 is 1.18 bits per heavy atom.